The highest BCUT2D eigenvalue weighted by molar-refractivity contribution is 5.88. The summed E-state index contributed by atoms with van der Waals surface area (Å²) in [6, 6.07) is 8.97. The maximum Gasteiger partial charge on any atom is 0.519 e. The molecular weight excluding hydrogens is 440 g/mol. The number of nitro benzene ring substituents is 1. The Morgan fingerprint density at radius 1 is 1.24 bits per heavy atom. The second kappa shape index (κ2) is 8.39. The van der Waals surface area contributed by atoms with E-state index in [1.54, 1.807) is 6.07 Å². The highest BCUT2D eigenvalue weighted by Crippen LogP contribution is 2.62. The third-order valence-corrected chi connectivity index (χ3v) is 7.51. The Kier molecular flexibility index (Phi) is 5.51. The molecule has 34 heavy (non-hydrogen) atoms. The summed E-state index contributed by atoms with van der Waals surface area (Å²) in [7, 11) is 1.97. The van der Waals surface area contributed by atoms with Crippen LogP contribution < -0.4 is 19.5 Å². The number of carbonyl (C=O) groups excluding carboxylic acids is 2. The van der Waals surface area contributed by atoms with Gasteiger partial charge in [0.1, 0.15) is 5.75 Å². The van der Waals surface area contributed by atoms with E-state index in [1.165, 1.54) is 24.3 Å². The van der Waals surface area contributed by atoms with Gasteiger partial charge in [0.05, 0.1) is 4.92 Å². The zero-order chi connectivity index (χ0) is 24.0. The number of Topliss-reactive ketones (excluding diaryl/α,β-unsaturated/α-hetero) is 1. The number of carbonyl (C=O) groups is 2. The molecule has 0 radical (unpaired) electrons. The van der Waals surface area contributed by atoms with Gasteiger partial charge in [-0.05, 0) is 55.5 Å². The average molecular weight is 466 g/mol. The Hall–Kier alpha value is -3.46. The predicted molar refractivity (Wildman–Crippen MR) is 121 cm³/mol. The van der Waals surface area contributed by atoms with Gasteiger partial charge in [-0.15, -0.1) is 0 Å². The molecule has 0 saturated heterocycles. The van der Waals surface area contributed by atoms with E-state index in [4.69, 9.17) is 14.2 Å². The van der Waals surface area contributed by atoms with E-state index in [0.29, 0.717) is 12.2 Å². The van der Waals surface area contributed by atoms with E-state index >= 15 is 0 Å². The van der Waals surface area contributed by atoms with Crippen molar-refractivity contribution < 1.29 is 28.7 Å². The molecule has 0 bridgehead atoms. The summed E-state index contributed by atoms with van der Waals surface area (Å²) in [5.74, 6) is 0.766. The second-order valence-electron chi connectivity index (χ2n) is 9.18. The molecule has 0 spiro atoms. The minimum Gasteiger partial charge on any atom is -0.478 e. The molecule has 2 aliphatic carbocycles. The van der Waals surface area contributed by atoms with Crippen molar-refractivity contribution in [3.63, 3.8) is 0 Å². The van der Waals surface area contributed by atoms with Crippen LogP contribution in [0.1, 0.15) is 49.7 Å². The first-order chi connectivity index (χ1) is 16.4. The lowest BCUT2D eigenvalue weighted by Crippen LogP contribution is -2.57. The topological polar surface area (TPSA) is 117 Å². The summed E-state index contributed by atoms with van der Waals surface area (Å²) in [6.07, 6.45) is 2.50. The van der Waals surface area contributed by atoms with E-state index < -0.39 is 17.2 Å². The lowest BCUT2D eigenvalue weighted by molar-refractivity contribution is -0.384. The molecule has 1 saturated carbocycles. The van der Waals surface area contributed by atoms with Crippen LogP contribution in [0.4, 0.5) is 10.5 Å². The summed E-state index contributed by atoms with van der Waals surface area (Å²) in [4.78, 5) is 35.7. The number of nitro groups is 1. The van der Waals surface area contributed by atoms with Gasteiger partial charge in [-0.25, -0.2) is 4.79 Å². The van der Waals surface area contributed by atoms with Crippen LogP contribution in [0.25, 0.3) is 0 Å². The number of ketones is 1. The van der Waals surface area contributed by atoms with E-state index in [9.17, 15) is 19.7 Å². The third kappa shape index (κ3) is 3.42. The van der Waals surface area contributed by atoms with Gasteiger partial charge in [-0.3, -0.25) is 14.9 Å². The summed E-state index contributed by atoms with van der Waals surface area (Å²) in [5, 5.41) is 14.3. The molecule has 9 heteroatoms. The van der Waals surface area contributed by atoms with Gasteiger partial charge in [0.25, 0.3) is 5.69 Å². The van der Waals surface area contributed by atoms with Gasteiger partial charge in [0, 0.05) is 36.1 Å². The van der Waals surface area contributed by atoms with Crippen molar-refractivity contribution in [3.05, 3.63) is 57.6 Å². The molecule has 1 fully saturated rings. The SMILES string of the molecule is CCCC12CCC(=O)C3Oc4c(OC(=O)Oc5ccc([N+](=O)[O-])cc5)ccc(c4C31)C[C@H]2NC. The van der Waals surface area contributed by atoms with Crippen molar-refractivity contribution in [2.75, 3.05) is 7.05 Å². The molecule has 1 heterocycles. The fourth-order valence-corrected chi connectivity index (χ4v) is 6.15. The number of benzene rings is 2. The van der Waals surface area contributed by atoms with E-state index in [0.717, 1.165) is 36.8 Å². The first-order valence-corrected chi connectivity index (χ1v) is 11.5. The summed E-state index contributed by atoms with van der Waals surface area (Å²) in [6.45, 7) is 2.16. The third-order valence-electron chi connectivity index (χ3n) is 7.51. The molecule has 1 N–H and O–H groups in total. The van der Waals surface area contributed by atoms with Crippen LogP contribution in [0.5, 0.6) is 17.2 Å². The van der Waals surface area contributed by atoms with Crippen molar-refractivity contribution in [2.45, 2.75) is 57.1 Å². The second-order valence-corrected chi connectivity index (χ2v) is 9.18. The molecular formula is C25H26N2O7. The quantitative estimate of drug-likeness (QED) is 0.290. The highest BCUT2D eigenvalue weighted by atomic mass is 16.7. The smallest absolute Gasteiger partial charge is 0.478 e. The Morgan fingerprint density at radius 2 is 2.00 bits per heavy atom. The maximum atomic E-state index is 12.9. The summed E-state index contributed by atoms with van der Waals surface area (Å²) in [5.41, 5.74) is 1.86. The van der Waals surface area contributed by atoms with Crippen molar-refractivity contribution in [3.8, 4) is 17.2 Å². The first-order valence-electron chi connectivity index (χ1n) is 11.5. The first kappa shape index (κ1) is 22.3. The standard InChI is InChI=1S/C25H26N2O7/c1-3-11-25-12-10-17(28)22-21(25)20-14(13-19(25)26-2)4-9-18(23(20)34-22)33-24(29)32-16-7-5-15(6-8-16)27(30)31/h4-9,19,21-22,26H,3,10-13H2,1-2H3/t19-,21?,22?,25?/m1/s1. The molecule has 178 valence electrons. The fraction of sp³-hybridized carbons (Fsp3) is 0.440. The highest BCUT2D eigenvalue weighted by Gasteiger charge is 2.60. The normalized spacial score (nSPS) is 26.4. The van der Waals surface area contributed by atoms with Gasteiger partial charge in [-0.2, -0.15) is 0 Å². The van der Waals surface area contributed by atoms with Gasteiger partial charge in [0.2, 0.25) is 0 Å². The molecule has 9 nitrogen and oxygen atoms in total. The number of nitrogens with zero attached hydrogens (tertiary/aromatic N) is 1. The van der Waals surface area contributed by atoms with Crippen LogP contribution in [0.3, 0.4) is 0 Å². The van der Waals surface area contributed by atoms with Crippen LogP contribution in [0, 0.1) is 15.5 Å². The fourth-order valence-electron chi connectivity index (χ4n) is 6.15. The lowest BCUT2D eigenvalue weighted by atomic mass is 9.53. The van der Waals surface area contributed by atoms with Crippen molar-refractivity contribution in [1.82, 2.24) is 5.32 Å². The molecule has 4 atom stereocenters. The maximum absolute atomic E-state index is 12.9. The van der Waals surface area contributed by atoms with E-state index in [2.05, 4.69) is 12.2 Å². The number of non-ortho nitro benzene ring substituents is 1. The number of hydrogen-bond donors (Lipinski definition) is 1. The largest absolute Gasteiger partial charge is 0.519 e. The number of ether oxygens (including phenoxy) is 3. The van der Waals surface area contributed by atoms with Gasteiger partial charge < -0.3 is 19.5 Å². The Balaban J connectivity index is 1.45. The van der Waals surface area contributed by atoms with Crippen LogP contribution in [0.15, 0.2) is 36.4 Å². The van der Waals surface area contributed by atoms with Crippen molar-refractivity contribution >= 4 is 17.6 Å². The minimum atomic E-state index is -0.987. The van der Waals surface area contributed by atoms with Crippen LogP contribution in [0.2, 0.25) is 0 Å². The monoisotopic (exact) mass is 466 g/mol. The predicted octanol–water partition coefficient (Wildman–Crippen LogP) is 4.31. The van der Waals surface area contributed by atoms with E-state index in [1.807, 2.05) is 13.1 Å². The average Bonchev–Trinajstić information content (AvgIpc) is 3.24. The van der Waals surface area contributed by atoms with Crippen LogP contribution >= 0.6 is 0 Å². The number of rotatable bonds is 6. The molecule has 3 aliphatic rings. The molecule has 2 aromatic carbocycles. The van der Waals surface area contributed by atoms with Gasteiger partial charge in [0.15, 0.2) is 23.4 Å². The number of nitrogens with one attached hydrogen (secondary N) is 1. The Bertz CT molecular complexity index is 1160. The van der Waals surface area contributed by atoms with Crippen molar-refractivity contribution in [2.24, 2.45) is 5.41 Å². The lowest BCUT2D eigenvalue weighted by Gasteiger charge is -2.52. The molecule has 0 aromatic heterocycles. The summed E-state index contributed by atoms with van der Waals surface area (Å²) >= 11 is 0. The van der Waals surface area contributed by atoms with E-state index in [-0.39, 0.29) is 40.3 Å². The van der Waals surface area contributed by atoms with Crippen LogP contribution in [-0.4, -0.2) is 36.1 Å². The zero-order valence-corrected chi connectivity index (χ0v) is 19.0. The Morgan fingerprint density at radius 3 is 2.68 bits per heavy atom. The molecule has 5 rings (SSSR count). The molecule has 3 unspecified atom stereocenters. The van der Waals surface area contributed by atoms with Gasteiger partial charge >= 0.3 is 6.16 Å². The molecule has 2 aromatic rings. The minimum absolute atomic E-state index is 0.0787. The summed E-state index contributed by atoms with van der Waals surface area (Å²) < 4.78 is 16.9. The van der Waals surface area contributed by atoms with Crippen LogP contribution in [-0.2, 0) is 11.2 Å². The molecule has 1 aliphatic heterocycles. The van der Waals surface area contributed by atoms with Gasteiger partial charge in [-0.1, -0.05) is 19.4 Å². The zero-order valence-electron chi connectivity index (χ0n) is 19.0. The van der Waals surface area contributed by atoms with Crippen molar-refractivity contribution in [1.29, 1.82) is 0 Å². The number of hydrogen-bond acceptors (Lipinski definition) is 8. The Labute approximate surface area is 196 Å². The molecule has 0 amide bonds. The number of likely N-dealkylation sites (N-methyl/N-ethyl adjacent to an activating group) is 1.